The van der Waals surface area contributed by atoms with E-state index in [2.05, 4.69) is 5.32 Å². The van der Waals surface area contributed by atoms with E-state index in [9.17, 15) is 9.90 Å². The summed E-state index contributed by atoms with van der Waals surface area (Å²) in [5.74, 6) is -0.456. The maximum absolute atomic E-state index is 12.0. The molecule has 1 unspecified atom stereocenters. The van der Waals surface area contributed by atoms with Crippen molar-refractivity contribution in [2.24, 2.45) is 0 Å². The molecule has 2 N–H and O–H groups in total. The zero-order valence-corrected chi connectivity index (χ0v) is 10.2. The molecule has 1 aromatic carbocycles. The van der Waals surface area contributed by atoms with Crippen molar-refractivity contribution in [2.45, 2.75) is 5.60 Å². The van der Waals surface area contributed by atoms with Crippen LogP contribution in [0.5, 0.6) is 0 Å². The van der Waals surface area contributed by atoms with Crippen LogP contribution >= 0.6 is 22.9 Å². The second-order valence-electron chi connectivity index (χ2n) is 3.81. The van der Waals surface area contributed by atoms with Crippen molar-refractivity contribution in [1.29, 1.82) is 0 Å². The Kier molecular flexibility index (Phi) is 2.26. The van der Waals surface area contributed by atoms with E-state index in [1.165, 1.54) is 11.3 Å². The summed E-state index contributed by atoms with van der Waals surface area (Å²) in [6.45, 7) is 0. The van der Waals surface area contributed by atoms with Gasteiger partial charge in [0.1, 0.15) is 0 Å². The van der Waals surface area contributed by atoms with Gasteiger partial charge in [-0.25, -0.2) is 0 Å². The number of carbonyl (C=O) groups is 1. The molecule has 1 aliphatic rings. The van der Waals surface area contributed by atoms with Gasteiger partial charge in [0.25, 0.3) is 5.91 Å². The number of aliphatic hydroxyl groups is 1. The average molecular weight is 266 g/mol. The van der Waals surface area contributed by atoms with Crippen LogP contribution < -0.4 is 5.32 Å². The third kappa shape index (κ3) is 1.35. The predicted molar refractivity (Wildman–Crippen MR) is 67.4 cm³/mol. The first kappa shape index (κ1) is 10.8. The summed E-state index contributed by atoms with van der Waals surface area (Å²) in [6.07, 6.45) is 0. The molecule has 3 nitrogen and oxygen atoms in total. The number of para-hydroxylation sites is 1. The molecular weight excluding hydrogens is 258 g/mol. The number of fused-ring (bicyclic) bond motifs is 1. The number of halogens is 1. The summed E-state index contributed by atoms with van der Waals surface area (Å²) in [5, 5.41) is 15.5. The van der Waals surface area contributed by atoms with Crippen molar-refractivity contribution in [3.63, 3.8) is 0 Å². The van der Waals surface area contributed by atoms with Crippen LogP contribution in [0.25, 0.3) is 0 Å². The number of benzene rings is 1. The first-order valence-corrected chi connectivity index (χ1v) is 6.26. The van der Waals surface area contributed by atoms with Gasteiger partial charge in [-0.2, -0.15) is 0 Å². The summed E-state index contributed by atoms with van der Waals surface area (Å²) in [7, 11) is 0. The molecule has 0 aliphatic carbocycles. The van der Waals surface area contributed by atoms with Crippen LogP contribution in [0.1, 0.15) is 10.4 Å². The van der Waals surface area contributed by atoms with Crippen molar-refractivity contribution in [3.8, 4) is 0 Å². The average Bonchev–Trinajstić information content (AvgIpc) is 2.84. The van der Waals surface area contributed by atoms with E-state index in [1.54, 1.807) is 35.7 Å². The quantitative estimate of drug-likeness (QED) is 0.833. The monoisotopic (exact) mass is 265 g/mol. The van der Waals surface area contributed by atoms with Crippen molar-refractivity contribution in [3.05, 3.63) is 51.2 Å². The number of amides is 1. The highest BCUT2D eigenvalue weighted by atomic mass is 35.5. The van der Waals surface area contributed by atoms with Crippen LogP contribution in [0.2, 0.25) is 5.02 Å². The molecule has 2 heterocycles. The van der Waals surface area contributed by atoms with Gasteiger partial charge in [0.05, 0.1) is 9.90 Å². The molecule has 0 saturated carbocycles. The topological polar surface area (TPSA) is 49.3 Å². The first-order valence-electron chi connectivity index (χ1n) is 5.01. The molecular formula is C12H8ClNO2S. The normalized spacial score (nSPS) is 22.4. The zero-order chi connectivity index (χ0) is 12.0. The molecule has 0 saturated heterocycles. The van der Waals surface area contributed by atoms with Gasteiger partial charge in [0.2, 0.25) is 5.60 Å². The second kappa shape index (κ2) is 3.57. The molecule has 17 heavy (non-hydrogen) atoms. The van der Waals surface area contributed by atoms with Crippen molar-refractivity contribution < 1.29 is 9.90 Å². The Bertz CT molecular complexity index is 610. The van der Waals surface area contributed by atoms with E-state index in [0.717, 1.165) is 0 Å². The Hall–Kier alpha value is -1.36. The maximum atomic E-state index is 12.0. The number of carbonyl (C=O) groups excluding carboxylic acids is 1. The molecule has 1 aliphatic heterocycles. The highest BCUT2D eigenvalue weighted by Gasteiger charge is 2.48. The smallest absolute Gasteiger partial charge is 0.266 e. The number of nitrogens with one attached hydrogen (secondary N) is 1. The van der Waals surface area contributed by atoms with E-state index in [1.807, 2.05) is 0 Å². The first-order chi connectivity index (χ1) is 8.14. The molecule has 0 radical (unpaired) electrons. The fourth-order valence-corrected chi connectivity index (χ4v) is 3.32. The van der Waals surface area contributed by atoms with Crippen LogP contribution in [0.15, 0.2) is 35.7 Å². The van der Waals surface area contributed by atoms with Gasteiger partial charge in [0.15, 0.2) is 0 Å². The van der Waals surface area contributed by atoms with Crippen LogP contribution in [-0.2, 0) is 10.4 Å². The minimum Gasteiger partial charge on any atom is -0.371 e. The van der Waals surface area contributed by atoms with Crippen LogP contribution in [0.4, 0.5) is 5.69 Å². The standard InChI is InChI=1S/C12H8ClNO2S/c13-8-5-6-17-10(8)12(16)7-3-1-2-4-9(7)14-11(12)15/h1-6,16H,(H,14,15). The van der Waals surface area contributed by atoms with Crippen molar-refractivity contribution in [1.82, 2.24) is 0 Å². The number of anilines is 1. The highest BCUT2D eigenvalue weighted by molar-refractivity contribution is 7.11. The fraction of sp³-hybridized carbons (Fsp3) is 0.0833. The molecule has 5 heteroatoms. The lowest BCUT2D eigenvalue weighted by Gasteiger charge is -2.19. The van der Waals surface area contributed by atoms with Crippen LogP contribution in [0.3, 0.4) is 0 Å². The molecule has 0 fully saturated rings. The minimum absolute atomic E-state index is 0.407. The summed E-state index contributed by atoms with van der Waals surface area (Å²) in [4.78, 5) is 12.5. The van der Waals surface area contributed by atoms with E-state index in [-0.39, 0.29) is 0 Å². The van der Waals surface area contributed by atoms with Gasteiger partial charge >= 0.3 is 0 Å². The van der Waals surface area contributed by atoms with Gasteiger partial charge in [0, 0.05) is 11.3 Å². The van der Waals surface area contributed by atoms with Crippen LogP contribution in [0, 0.1) is 0 Å². The second-order valence-corrected chi connectivity index (χ2v) is 5.13. The van der Waals surface area contributed by atoms with E-state index >= 15 is 0 Å². The lowest BCUT2D eigenvalue weighted by molar-refractivity contribution is -0.129. The third-order valence-electron chi connectivity index (χ3n) is 2.84. The third-order valence-corrected chi connectivity index (χ3v) is 4.29. The fourth-order valence-electron chi connectivity index (χ4n) is 2.02. The minimum atomic E-state index is -1.66. The van der Waals surface area contributed by atoms with Crippen LogP contribution in [-0.4, -0.2) is 11.0 Å². The lowest BCUT2D eigenvalue weighted by atomic mass is 9.94. The van der Waals surface area contributed by atoms with Gasteiger partial charge in [-0.15, -0.1) is 11.3 Å². The lowest BCUT2D eigenvalue weighted by Crippen LogP contribution is -2.34. The molecule has 0 spiro atoms. The van der Waals surface area contributed by atoms with Gasteiger partial charge < -0.3 is 10.4 Å². The van der Waals surface area contributed by atoms with Gasteiger partial charge in [-0.1, -0.05) is 29.8 Å². The molecule has 86 valence electrons. The van der Waals surface area contributed by atoms with E-state index in [0.29, 0.717) is 21.2 Å². The summed E-state index contributed by atoms with van der Waals surface area (Å²) < 4.78 is 0. The van der Waals surface area contributed by atoms with Gasteiger partial charge in [-0.3, -0.25) is 4.79 Å². The van der Waals surface area contributed by atoms with Crippen molar-refractivity contribution >= 4 is 34.5 Å². The van der Waals surface area contributed by atoms with Gasteiger partial charge in [-0.05, 0) is 17.5 Å². The summed E-state index contributed by atoms with van der Waals surface area (Å²) >= 11 is 7.28. The molecule has 1 aromatic heterocycles. The Morgan fingerprint density at radius 1 is 1.29 bits per heavy atom. The van der Waals surface area contributed by atoms with E-state index in [4.69, 9.17) is 11.6 Å². The summed E-state index contributed by atoms with van der Waals surface area (Å²) in [5.41, 5.74) is -0.485. The Labute approximate surface area is 107 Å². The molecule has 2 aromatic rings. The number of hydrogen-bond donors (Lipinski definition) is 2. The SMILES string of the molecule is O=C1Nc2ccccc2C1(O)c1sccc1Cl. The molecule has 0 bridgehead atoms. The Morgan fingerprint density at radius 2 is 2.06 bits per heavy atom. The summed E-state index contributed by atoms with van der Waals surface area (Å²) in [6, 6.07) is 8.75. The zero-order valence-electron chi connectivity index (χ0n) is 8.61. The molecule has 1 amide bonds. The molecule has 3 rings (SSSR count). The largest absolute Gasteiger partial charge is 0.371 e. The Balaban J connectivity index is 2.27. The number of rotatable bonds is 1. The molecule has 1 atom stereocenters. The number of hydrogen-bond acceptors (Lipinski definition) is 3. The number of thiophene rings is 1. The Morgan fingerprint density at radius 3 is 2.76 bits per heavy atom. The predicted octanol–water partition coefficient (Wildman–Crippen LogP) is 2.59. The highest BCUT2D eigenvalue weighted by Crippen LogP contribution is 2.45. The maximum Gasteiger partial charge on any atom is 0.266 e. The van der Waals surface area contributed by atoms with E-state index < -0.39 is 11.5 Å². The van der Waals surface area contributed by atoms with Crippen molar-refractivity contribution in [2.75, 3.05) is 5.32 Å².